The van der Waals surface area contributed by atoms with E-state index in [4.69, 9.17) is 0 Å². The Morgan fingerprint density at radius 2 is 1.80 bits per heavy atom. The van der Waals surface area contributed by atoms with Crippen molar-refractivity contribution in [3.05, 3.63) is 55.1 Å². The van der Waals surface area contributed by atoms with Crippen molar-refractivity contribution < 1.29 is 9.90 Å². The van der Waals surface area contributed by atoms with Crippen molar-refractivity contribution in [1.29, 1.82) is 0 Å². The Morgan fingerprint density at radius 3 is 2.35 bits per heavy atom. The number of aromatic hydroxyl groups is 1. The highest BCUT2D eigenvalue weighted by molar-refractivity contribution is 14.1. The summed E-state index contributed by atoms with van der Waals surface area (Å²) in [5.74, 6) is -0.118. The number of hydrogen-bond donors (Lipinski definition) is 2. The van der Waals surface area contributed by atoms with Gasteiger partial charge in [0, 0.05) is 15.7 Å². The number of rotatable bonds is 2. The number of phenols is 1. The van der Waals surface area contributed by atoms with E-state index in [1.54, 1.807) is 12.1 Å². The Kier molecular flexibility index (Phi) is 4.70. The zero-order valence-corrected chi connectivity index (χ0v) is 14.7. The van der Waals surface area contributed by atoms with Crippen LogP contribution in [0.3, 0.4) is 0 Å². The standard InChI is InChI=1S/C15H13BrINO2/c1-8-5-11(16)6-9(2)14(8)18-15(20)10-3-4-12(17)13(19)7-10/h3-7,19H,1-2H3,(H,18,20). The highest BCUT2D eigenvalue weighted by Gasteiger charge is 2.12. The molecular formula is C15H13BrINO2. The molecule has 0 aromatic heterocycles. The fourth-order valence-corrected chi connectivity index (χ4v) is 2.97. The third-order valence-corrected chi connectivity index (χ3v) is 4.31. The first kappa shape index (κ1) is 15.3. The van der Waals surface area contributed by atoms with E-state index in [-0.39, 0.29) is 11.7 Å². The zero-order chi connectivity index (χ0) is 14.9. The van der Waals surface area contributed by atoms with Crippen molar-refractivity contribution in [1.82, 2.24) is 0 Å². The average molecular weight is 446 g/mol. The molecular weight excluding hydrogens is 433 g/mol. The van der Waals surface area contributed by atoms with Gasteiger partial charge in [-0.1, -0.05) is 15.9 Å². The van der Waals surface area contributed by atoms with Gasteiger partial charge in [-0.3, -0.25) is 4.79 Å². The van der Waals surface area contributed by atoms with Crippen LogP contribution in [-0.4, -0.2) is 11.0 Å². The number of benzene rings is 2. The quantitative estimate of drug-likeness (QED) is 0.662. The van der Waals surface area contributed by atoms with E-state index in [2.05, 4.69) is 21.2 Å². The molecule has 0 saturated carbocycles. The monoisotopic (exact) mass is 445 g/mol. The molecule has 1 amide bonds. The number of phenolic OH excluding ortho intramolecular Hbond substituents is 1. The molecule has 0 aliphatic rings. The predicted octanol–water partition coefficient (Wildman–Crippen LogP) is 4.63. The molecule has 3 nitrogen and oxygen atoms in total. The average Bonchev–Trinajstić information content (AvgIpc) is 2.36. The van der Waals surface area contributed by atoms with Crippen molar-refractivity contribution in [3.8, 4) is 5.75 Å². The van der Waals surface area contributed by atoms with Gasteiger partial charge in [-0.2, -0.15) is 0 Å². The van der Waals surface area contributed by atoms with E-state index in [1.165, 1.54) is 6.07 Å². The third kappa shape index (κ3) is 3.32. The molecule has 0 radical (unpaired) electrons. The zero-order valence-electron chi connectivity index (χ0n) is 11.0. The number of nitrogens with one attached hydrogen (secondary N) is 1. The lowest BCUT2D eigenvalue weighted by atomic mass is 10.1. The van der Waals surface area contributed by atoms with Crippen molar-refractivity contribution in [2.75, 3.05) is 5.32 Å². The van der Waals surface area contributed by atoms with E-state index in [0.717, 1.165) is 24.9 Å². The normalized spacial score (nSPS) is 10.4. The molecule has 5 heteroatoms. The van der Waals surface area contributed by atoms with Crippen LogP contribution in [0.15, 0.2) is 34.8 Å². The van der Waals surface area contributed by atoms with Gasteiger partial charge >= 0.3 is 0 Å². The van der Waals surface area contributed by atoms with Gasteiger partial charge in [0.15, 0.2) is 0 Å². The first-order valence-electron chi connectivity index (χ1n) is 5.95. The largest absolute Gasteiger partial charge is 0.507 e. The van der Waals surface area contributed by atoms with E-state index in [0.29, 0.717) is 5.56 Å². The SMILES string of the molecule is Cc1cc(Br)cc(C)c1NC(=O)c1ccc(I)c(O)c1. The summed E-state index contributed by atoms with van der Waals surface area (Å²) in [6.45, 7) is 3.89. The molecule has 0 fully saturated rings. The summed E-state index contributed by atoms with van der Waals surface area (Å²) >= 11 is 5.44. The summed E-state index contributed by atoms with van der Waals surface area (Å²) in [6, 6.07) is 8.79. The third-order valence-electron chi connectivity index (χ3n) is 2.94. The van der Waals surface area contributed by atoms with Crippen LogP contribution < -0.4 is 5.32 Å². The molecule has 2 aromatic carbocycles. The number of amides is 1. The molecule has 0 aliphatic carbocycles. The smallest absolute Gasteiger partial charge is 0.255 e. The van der Waals surface area contributed by atoms with Crippen molar-refractivity contribution in [3.63, 3.8) is 0 Å². The highest BCUT2D eigenvalue weighted by atomic mass is 127. The van der Waals surface area contributed by atoms with Crippen LogP contribution in [0.25, 0.3) is 0 Å². The maximum atomic E-state index is 12.2. The Balaban J connectivity index is 2.30. The predicted molar refractivity (Wildman–Crippen MR) is 92.4 cm³/mol. The highest BCUT2D eigenvalue weighted by Crippen LogP contribution is 2.26. The number of aryl methyl sites for hydroxylation is 2. The molecule has 2 rings (SSSR count). The minimum absolute atomic E-state index is 0.113. The van der Waals surface area contributed by atoms with E-state index in [1.807, 2.05) is 48.6 Å². The Bertz CT molecular complexity index is 663. The summed E-state index contributed by atoms with van der Waals surface area (Å²) in [4.78, 5) is 12.2. The second-order valence-corrected chi connectivity index (χ2v) is 6.61. The van der Waals surface area contributed by atoms with Crippen molar-refractivity contribution in [2.45, 2.75) is 13.8 Å². The van der Waals surface area contributed by atoms with Crippen LogP contribution >= 0.6 is 38.5 Å². The summed E-state index contributed by atoms with van der Waals surface area (Å²) in [5, 5.41) is 12.6. The molecule has 0 spiro atoms. The van der Waals surface area contributed by atoms with Crippen LogP contribution in [0, 0.1) is 17.4 Å². The maximum Gasteiger partial charge on any atom is 0.255 e. The minimum atomic E-state index is -0.231. The fourth-order valence-electron chi connectivity index (χ4n) is 1.95. The van der Waals surface area contributed by atoms with Gasteiger partial charge in [-0.05, 0) is 77.9 Å². The lowest BCUT2D eigenvalue weighted by Crippen LogP contribution is -2.13. The second kappa shape index (κ2) is 6.13. The minimum Gasteiger partial charge on any atom is -0.507 e. The van der Waals surface area contributed by atoms with Gasteiger partial charge in [0.2, 0.25) is 0 Å². The molecule has 0 bridgehead atoms. The van der Waals surface area contributed by atoms with Gasteiger partial charge in [0.25, 0.3) is 5.91 Å². The molecule has 104 valence electrons. The maximum absolute atomic E-state index is 12.2. The molecule has 2 N–H and O–H groups in total. The molecule has 0 aliphatic heterocycles. The molecule has 2 aromatic rings. The molecule has 0 saturated heterocycles. The Hall–Kier alpha value is -1.08. The second-order valence-electron chi connectivity index (χ2n) is 4.53. The van der Waals surface area contributed by atoms with Gasteiger partial charge < -0.3 is 10.4 Å². The molecule has 0 heterocycles. The first-order valence-corrected chi connectivity index (χ1v) is 7.82. The van der Waals surface area contributed by atoms with E-state index in [9.17, 15) is 9.90 Å². The summed E-state index contributed by atoms with van der Waals surface area (Å²) in [6.07, 6.45) is 0. The Labute approximate surface area is 139 Å². The molecule has 0 atom stereocenters. The van der Waals surface area contributed by atoms with E-state index >= 15 is 0 Å². The van der Waals surface area contributed by atoms with Crippen molar-refractivity contribution in [2.24, 2.45) is 0 Å². The fraction of sp³-hybridized carbons (Fsp3) is 0.133. The number of anilines is 1. The van der Waals surface area contributed by atoms with Crippen LogP contribution in [0.1, 0.15) is 21.5 Å². The summed E-state index contributed by atoms with van der Waals surface area (Å²) in [7, 11) is 0. The molecule has 20 heavy (non-hydrogen) atoms. The number of hydrogen-bond acceptors (Lipinski definition) is 2. The first-order chi connectivity index (χ1) is 9.38. The van der Waals surface area contributed by atoms with Gasteiger partial charge in [0.05, 0.1) is 3.57 Å². The van der Waals surface area contributed by atoms with E-state index < -0.39 is 0 Å². The topological polar surface area (TPSA) is 49.3 Å². The lowest BCUT2D eigenvalue weighted by Gasteiger charge is -2.12. The van der Waals surface area contributed by atoms with Gasteiger partial charge in [-0.25, -0.2) is 0 Å². The Morgan fingerprint density at radius 1 is 1.20 bits per heavy atom. The summed E-state index contributed by atoms with van der Waals surface area (Å²) < 4.78 is 1.70. The van der Waals surface area contributed by atoms with Gasteiger partial charge in [-0.15, -0.1) is 0 Å². The number of halogens is 2. The van der Waals surface area contributed by atoms with Gasteiger partial charge in [0.1, 0.15) is 5.75 Å². The lowest BCUT2D eigenvalue weighted by molar-refractivity contribution is 0.102. The van der Waals surface area contributed by atoms with Crippen LogP contribution in [0.5, 0.6) is 5.75 Å². The molecule has 0 unspecified atom stereocenters. The summed E-state index contributed by atoms with van der Waals surface area (Å²) in [5.41, 5.74) is 3.21. The number of carbonyl (C=O) groups excluding carboxylic acids is 1. The van der Waals surface area contributed by atoms with Crippen LogP contribution in [0.4, 0.5) is 5.69 Å². The van der Waals surface area contributed by atoms with Crippen molar-refractivity contribution >= 4 is 50.1 Å². The number of carbonyl (C=O) groups is 1. The van der Waals surface area contributed by atoms with Crippen LogP contribution in [-0.2, 0) is 0 Å². The van der Waals surface area contributed by atoms with Crippen LogP contribution in [0.2, 0.25) is 0 Å².